The Morgan fingerprint density at radius 1 is 1.04 bits per heavy atom. The second kappa shape index (κ2) is 6.87. The molecule has 7 nitrogen and oxygen atoms in total. The molecule has 23 heavy (non-hydrogen) atoms. The van der Waals surface area contributed by atoms with Crippen LogP contribution in [0, 0.1) is 6.92 Å². The van der Waals surface area contributed by atoms with E-state index in [1.165, 1.54) is 33.6 Å². The molecule has 1 heterocycles. The van der Waals surface area contributed by atoms with Gasteiger partial charge in [0.05, 0.1) is 27.5 Å². The molecule has 0 aliphatic heterocycles. The van der Waals surface area contributed by atoms with Gasteiger partial charge in [-0.25, -0.2) is 0 Å². The first-order valence-electron chi connectivity index (χ1n) is 6.83. The van der Waals surface area contributed by atoms with Gasteiger partial charge in [-0.2, -0.15) is 9.78 Å². The molecule has 0 aliphatic carbocycles. The molecule has 1 aromatic heterocycles. The van der Waals surface area contributed by atoms with Gasteiger partial charge in [-0.15, -0.1) is 0 Å². The largest absolute Gasteiger partial charge is 0.493 e. The zero-order valence-electron chi connectivity index (χ0n) is 13.5. The van der Waals surface area contributed by atoms with E-state index in [0.29, 0.717) is 22.8 Å². The zero-order valence-corrected chi connectivity index (χ0v) is 13.5. The Labute approximate surface area is 133 Å². The quantitative estimate of drug-likeness (QED) is 0.847. The number of methoxy groups -OCH3 is 3. The SMILES string of the molecule is COc1cc(/C=N\n2c(N)cc(C)cc2=O)cc(OC)c1OC. The number of pyridine rings is 1. The molecule has 2 N–H and O–H groups in total. The first kappa shape index (κ1) is 16.4. The number of anilines is 1. The van der Waals surface area contributed by atoms with Crippen molar-refractivity contribution in [3.8, 4) is 17.2 Å². The summed E-state index contributed by atoms with van der Waals surface area (Å²) in [6, 6.07) is 6.58. The number of rotatable bonds is 5. The van der Waals surface area contributed by atoms with Gasteiger partial charge in [0.1, 0.15) is 5.82 Å². The third kappa shape index (κ3) is 3.45. The van der Waals surface area contributed by atoms with Crippen molar-refractivity contribution in [1.82, 2.24) is 4.68 Å². The normalized spacial score (nSPS) is 10.8. The minimum atomic E-state index is -0.300. The van der Waals surface area contributed by atoms with Gasteiger partial charge < -0.3 is 19.9 Å². The molecule has 1 aromatic carbocycles. The highest BCUT2D eigenvalue weighted by Gasteiger charge is 2.12. The lowest BCUT2D eigenvalue weighted by atomic mass is 10.2. The lowest BCUT2D eigenvalue weighted by molar-refractivity contribution is 0.324. The van der Waals surface area contributed by atoms with Crippen LogP contribution in [-0.4, -0.2) is 32.2 Å². The number of nitrogens with two attached hydrogens (primary N) is 1. The van der Waals surface area contributed by atoms with Crippen LogP contribution in [0.2, 0.25) is 0 Å². The van der Waals surface area contributed by atoms with Crippen molar-refractivity contribution in [3.05, 3.63) is 45.7 Å². The molecule has 7 heteroatoms. The maximum atomic E-state index is 11.9. The van der Waals surface area contributed by atoms with Crippen molar-refractivity contribution in [2.45, 2.75) is 6.92 Å². The summed E-state index contributed by atoms with van der Waals surface area (Å²) in [7, 11) is 4.59. The predicted molar refractivity (Wildman–Crippen MR) is 88.9 cm³/mol. The second-order valence-electron chi connectivity index (χ2n) is 4.81. The molecule has 0 fully saturated rings. The van der Waals surface area contributed by atoms with E-state index in [2.05, 4.69) is 5.10 Å². The number of benzene rings is 1. The minimum absolute atomic E-state index is 0.263. The first-order chi connectivity index (χ1) is 11.0. The van der Waals surface area contributed by atoms with E-state index in [4.69, 9.17) is 19.9 Å². The van der Waals surface area contributed by atoms with Crippen LogP contribution in [0.3, 0.4) is 0 Å². The van der Waals surface area contributed by atoms with Gasteiger partial charge >= 0.3 is 0 Å². The summed E-state index contributed by atoms with van der Waals surface area (Å²) < 4.78 is 16.9. The summed E-state index contributed by atoms with van der Waals surface area (Å²) in [5.74, 6) is 1.74. The number of aryl methyl sites for hydroxylation is 1. The number of ether oxygens (including phenoxy) is 3. The van der Waals surface area contributed by atoms with Gasteiger partial charge in [0, 0.05) is 11.6 Å². The lowest BCUT2D eigenvalue weighted by Gasteiger charge is -2.12. The molecule has 0 unspecified atom stereocenters. The third-order valence-corrected chi connectivity index (χ3v) is 3.19. The molecule has 0 radical (unpaired) electrons. The molecule has 2 rings (SSSR count). The van der Waals surface area contributed by atoms with Crippen molar-refractivity contribution in [3.63, 3.8) is 0 Å². The van der Waals surface area contributed by atoms with Gasteiger partial charge in [-0.05, 0) is 30.7 Å². The van der Waals surface area contributed by atoms with Crippen LogP contribution in [0.4, 0.5) is 5.82 Å². The van der Waals surface area contributed by atoms with E-state index in [1.54, 1.807) is 25.1 Å². The topological polar surface area (TPSA) is 88.1 Å². The summed E-state index contributed by atoms with van der Waals surface area (Å²) in [4.78, 5) is 11.9. The Bertz CT molecular complexity index is 771. The zero-order chi connectivity index (χ0) is 17.0. The fraction of sp³-hybridized carbons (Fsp3) is 0.250. The molecule has 0 aliphatic rings. The highest BCUT2D eigenvalue weighted by Crippen LogP contribution is 2.37. The van der Waals surface area contributed by atoms with Crippen molar-refractivity contribution >= 4 is 12.0 Å². The summed E-state index contributed by atoms with van der Waals surface area (Å²) in [6.45, 7) is 1.80. The molecule has 122 valence electrons. The monoisotopic (exact) mass is 317 g/mol. The van der Waals surface area contributed by atoms with Crippen LogP contribution < -0.4 is 25.5 Å². The highest BCUT2D eigenvalue weighted by atomic mass is 16.5. The molecule has 0 atom stereocenters. The van der Waals surface area contributed by atoms with Crippen LogP contribution in [0.5, 0.6) is 17.2 Å². The highest BCUT2D eigenvalue weighted by molar-refractivity contribution is 5.82. The molecule has 0 amide bonds. The summed E-state index contributed by atoms with van der Waals surface area (Å²) >= 11 is 0. The van der Waals surface area contributed by atoms with Crippen LogP contribution in [0.25, 0.3) is 0 Å². The molecule has 0 spiro atoms. The Morgan fingerprint density at radius 2 is 1.65 bits per heavy atom. The molecule has 2 aromatic rings. The number of aromatic nitrogens is 1. The van der Waals surface area contributed by atoms with Gasteiger partial charge in [-0.1, -0.05) is 0 Å². The maximum Gasteiger partial charge on any atom is 0.273 e. The molecule has 0 bridgehead atoms. The standard InChI is InChI=1S/C16H19N3O4/c1-10-5-14(17)19(15(20)6-10)18-9-11-7-12(21-2)16(23-4)13(8-11)22-3/h5-9H,17H2,1-4H3/b18-9-. The van der Waals surface area contributed by atoms with Gasteiger partial charge in [0.15, 0.2) is 11.5 Å². The van der Waals surface area contributed by atoms with E-state index in [-0.39, 0.29) is 11.4 Å². The number of nitrogens with zero attached hydrogens (tertiary/aromatic N) is 2. The average Bonchev–Trinajstić information content (AvgIpc) is 2.52. The van der Waals surface area contributed by atoms with Crippen molar-refractivity contribution in [2.24, 2.45) is 5.10 Å². The van der Waals surface area contributed by atoms with Crippen LogP contribution >= 0.6 is 0 Å². The van der Waals surface area contributed by atoms with Gasteiger partial charge in [-0.3, -0.25) is 4.79 Å². The third-order valence-electron chi connectivity index (χ3n) is 3.19. The van der Waals surface area contributed by atoms with Gasteiger partial charge in [0.2, 0.25) is 5.75 Å². The van der Waals surface area contributed by atoms with Crippen LogP contribution in [0.15, 0.2) is 34.2 Å². The predicted octanol–water partition coefficient (Wildman–Crippen LogP) is 1.65. The van der Waals surface area contributed by atoms with E-state index in [1.807, 2.05) is 0 Å². The fourth-order valence-corrected chi connectivity index (χ4v) is 2.14. The average molecular weight is 317 g/mol. The maximum absolute atomic E-state index is 11.9. The summed E-state index contributed by atoms with van der Waals surface area (Å²) in [5, 5.41) is 4.13. The minimum Gasteiger partial charge on any atom is -0.493 e. The Balaban J connectivity index is 2.46. The van der Waals surface area contributed by atoms with E-state index < -0.39 is 0 Å². The fourth-order valence-electron chi connectivity index (χ4n) is 2.14. The van der Waals surface area contributed by atoms with E-state index >= 15 is 0 Å². The number of hydrogen-bond donors (Lipinski definition) is 1. The number of nitrogen functional groups attached to an aromatic ring is 1. The Kier molecular flexibility index (Phi) is 4.90. The molecule has 0 saturated carbocycles. The first-order valence-corrected chi connectivity index (χ1v) is 6.83. The molecule has 0 saturated heterocycles. The van der Waals surface area contributed by atoms with Crippen LogP contribution in [0.1, 0.15) is 11.1 Å². The van der Waals surface area contributed by atoms with Crippen molar-refractivity contribution in [1.29, 1.82) is 0 Å². The summed E-state index contributed by atoms with van der Waals surface area (Å²) in [5.41, 5.74) is 6.98. The molecular weight excluding hydrogens is 298 g/mol. The van der Waals surface area contributed by atoms with Crippen molar-refractivity contribution in [2.75, 3.05) is 27.1 Å². The Hall–Kier alpha value is -2.96. The smallest absolute Gasteiger partial charge is 0.273 e. The van der Waals surface area contributed by atoms with Gasteiger partial charge in [0.25, 0.3) is 5.56 Å². The van der Waals surface area contributed by atoms with Crippen molar-refractivity contribution < 1.29 is 14.2 Å². The second-order valence-corrected chi connectivity index (χ2v) is 4.81. The number of hydrogen-bond acceptors (Lipinski definition) is 6. The van der Waals surface area contributed by atoms with Crippen LogP contribution in [-0.2, 0) is 0 Å². The lowest BCUT2D eigenvalue weighted by Crippen LogP contribution is -2.19. The van der Waals surface area contributed by atoms with E-state index in [9.17, 15) is 4.79 Å². The Morgan fingerprint density at radius 3 is 2.13 bits per heavy atom. The van der Waals surface area contributed by atoms with E-state index in [0.717, 1.165) is 10.2 Å². The summed E-state index contributed by atoms with van der Waals surface area (Å²) in [6.07, 6.45) is 1.50. The molecular formula is C16H19N3O4.